The van der Waals surface area contributed by atoms with Crippen LogP contribution in [-0.2, 0) is 11.2 Å². The number of rotatable bonds is 7. The number of hydrogen-bond acceptors (Lipinski definition) is 4. The molecule has 1 aliphatic rings. The van der Waals surface area contributed by atoms with Gasteiger partial charge in [-0.05, 0) is 29.5 Å². The summed E-state index contributed by atoms with van der Waals surface area (Å²) in [7, 11) is 1.81. The zero-order valence-corrected chi connectivity index (χ0v) is 17.2. The van der Waals surface area contributed by atoms with E-state index in [9.17, 15) is 0 Å². The summed E-state index contributed by atoms with van der Waals surface area (Å²) < 4.78 is 5.52. The highest BCUT2D eigenvalue weighted by Gasteiger charge is 2.24. The third-order valence-corrected chi connectivity index (χ3v) is 5.96. The van der Waals surface area contributed by atoms with Gasteiger partial charge < -0.3 is 15.4 Å². The summed E-state index contributed by atoms with van der Waals surface area (Å²) in [5.74, 6) is 0.817. The van der Waals surface area contributed by atoms with Gasteiger partial charge in [-0.3, -0.25) is 9.89 Å². The minimum atomic E-state index is 0.179. The number of guanidine groups is 1. The van der Waals surface area contributed by atoms with E-state index in [-0.39, 0.29) is 6.04 Å². The van der Waals surface area contributed by atoms with Gasteiger partial charge in [-0.2, -0.15) is 0 Å². The Hall–Kier alpha value is -1.60. The molecule has 27 heavy (non-hydrogen) atoms. The molecule has 1 fully saturated rings. The number of nitrogens with one attached hydrogen (secondary N) is 2. The normalized spacial score (nSPS) is 16.9. The molecule has 0 aliphatic carbocycles. The van der Waals surface area contributed by atoms with Gasteiger partial charge in [0.15, 0.2) is 5.96 Å². The van der Waals surface area contributed by atoms with E-state index < -0.39 is 0 Å². The number of nitrogens with zero attached hydrogens (tertiary/aromatic N) is 2. The van der Waals surface area contributed by atoms with Crippen molar-refractivity contribution in [2.45, 2.75) is 12.5 Å². The van der Waals surface area contributed by atoms with E-state index in [1.807, 2.05) is 18.2 Å². The summed E-state index contributed by atoms with van der Waals surface area (Å²) in [5.41, 5.74) is 1.14. The Bertz CT molecular complexity index is 717. The van der Waals surface area contributed by atoms with Crippen LogP contribution in [-0.4, -0.2) is 57.3 Å². The van der Waals surface area contributed by atoms with Gasteiger partial charge in [0.25, 0.3) is 0 Å². The number of thiophene rings is 1. The van der Waals surface area contributed by atoms with Crippen LogP contribution in [0.5, 0.6) is 0 Å². The van der Waals surface area contributed by atoms with Crippen LogP contribution in [0.2, 0.25) is 5.02 Å². The largest absolute Gasteiger partial charge is 0.379 e. The van der Waals surface area contributed by atoms with Gasteiger partial charge in [-0.1, -0.05) is 35.9 Å². The van der Waals surface area contributed by atoms with Crippen LogP contribution in [0.15, 0.2) is 46.8 Å². The van der Waals surface area contributed by atoms with Crippen LogP contribution in [0, 0.1) is 0 Å². The Morgan fingerprint density at radius 1 is 1.22 bits per heavy atom. The number of aliphatic imine (C=N–C) groups is 1. The van der Waals surface area contributed by atoms with E-state index >= 15 is 0 Å². The first-order valence-electron chi connectivity index (χ1n) is 9.31. The summed E-state index contributed by atoms with van der Waals surface area (Å²) in [6, 6.07) is 12.5. The molecule has 5 nitrogen and oxygen atoms in total. The van der Waals surface area contributed by atoms with Crippen LogP contribution >= 0.6 is 22.9 Å². The molecule has 0 spiro atoms. The molecule has 1 saturated heterocycles. The van der Waals surface area contributed by atoms with Crippen LogP contribution in [0.1, 0.15) is 16.5 Å². The number of hydrogen-bond donors (Lipinski definition) is 2. The molecule has 0 radical (unpaired) electrons. The Morgan fingerprint density at radius 2 is 2.04 bits per heavy atom. The Labute approximate surface area is 170 Å². The zero-order chi connectivity index (χ0) is 18.9. The summed E-state index contributed by atoms with van der Waals surface area (Å²) in [5, 5.41) is 9.79. The molecule has 1 aromatic heterocycles. The molecule has 1 aromatic carbocycles. The SMILES string of the molecule is CN=C(NCCc1cccs1)NCC(c1ccccc1Cl)N1CCOCC1. The number of ether oxygens (including phenoxy) is 1. The predicted octanol–water partition coefficient (Wildman–Crippen LogP) is 3.18. The molecule has 2 aromatic rings. The van der Waals surface area contributed by atoms with Crippen LogP contribution in [0.25, 0.3) is 0 Å². The highest BCUT2D eigenvalue weighted by Crippen LogP contribution is 2.27. The first kappa shape index (κ1) is 20.1. The van der Waals surface area contributed by atoms with Crippen molar-refractivity contribution in [1.29, 1.82) is 0 Å². The number of morpholine rings is 1. The molecule has 0 saturated carbocycles. The van der Waals surface area contributed by atoms with Crippen molar-refractivity contribution in [2.24, 2.45) is 4.99 Å². The Balaban J connectivity index is 1.60. The fourth-order valence-electron chi connectivity index (χ4n) is 3.24. The third kappa shape index (κ3) is 5.94. The third-order valence-electron chi connectivity index (χ3n) is 4.68. The average molecular weight is 407 g/mol. The first-order valence-corrected chi connectivity index (χ1v) is 10.6. The smallest absolute Gasteiger partial charge is 0.191 e. The van der Waals surface area contributed by atoms with Crippen molar-refractivity contribution in [3.8, 4) is 0 Å². The van der Waals surface area contributed by atoms with Crippen molar-refractivity contribution in [3.63, 3.8) is 0 Å². The molecular formula is C20H27ClN4OS. The molecular weight excluding hydrogens is 380 g/mol. The summed E-state index contributed by atoms with van der Waals surface area (Å²) in [4.78, 5) is 8.16. The predicted molar refractivity (Wildman–Crippen MR) is 114 cm³/mol. The highest BCUT2D eigenvalue weighted by atomic mass is 35.5. The molecule has 0 amide bonds. The van der Waals surface area contributed by atoms with E-state index in [1.54, 1.807) is 18.4 Å². The number of benzene rings is 1. The van der Waals surface area contributed by atoms with Gasteiger partial charge in [0.1, 0.15) is 0 Å². The molecule has 7 heteroatoms. The van der Waals surface area contributed by atoms with Gasteiger partial charge >= 0.3 is 0 Å². The highest BCUT2D eigenvalue weighted by molar-refractivity contribution is 7.09. The fraction of sp³-hybridized carbons (Fsp3) is 0.450. The minimum absolute atomic E-state index is 0.179. The van der Waals surface area contributed by atoms with Crippen molar-refractivity contribution in [1.82, 2.24) is 15.5 Å². The van der Waals surface area contributed by atoms with E-state index in [0.29, 0.717) is 0 Å². The molecule has 1 aliphatic heterocycles. The lowest BCUT2D eigenvalue weighted by Crippen LogP contribution is -2.46. The lowest BCUT2D eigenvalue weighted by molar-refractivity contribution is 0.0170. The lowest BCUT2D eigenvalue weighted by atomic mass is 10.0. The van der Waals surface area contributed by atoms with Gasteiger partial charge in [0.2, 0.25) is 0 Å². The molecule has 1 unspecified atom stereocenters. The Morgan fingerprint density at radius 3 is 2.74 bits per heavy atom. The van der Waals surface area contributed by atoms with Gasteiger partial charge in [-0.25, -0.2) is 0 Å². The van der Waals surface area contributed by atoms with E-state index in [4.69, 9.17) is 16.3 Å². The average Bonchev–Trinajstić information content (AvgIpc) is 3.22. The topological polar surface area (TPSA) is 48.9 Å². The lowest BCUT2D eigenvalue weighted by Gasteiger charge is -2.35. The maximum atomic E-state index is 6.50. The molecule has 3 rings (SSSR count). The van der Waals surface area contributed by atoms with Crippen LogP contribution in [0.4, 0.5) is 0 Å². The monoisotopic (exact) mass is 406 g/mol. The second-order valence-electron chi connectivity index (χ2n) is 6.39. The first-order chi connectivity index (χ1) is 13.3. The number of halogens is 1. The van der Waals surface area contributed by atoms with Crippen molar-refractivity contribution < 1.29 is 4.74 Å². The second-order valence-corrected chi connectivity index (χ2v) is 7.83. The van der Waals surface area contributed by atoms with Crippen molar-refractivity contribution >= 4 is 28.9 Å². The van der Waals surface area contributed by atoms with E-state index in [1.165, 1.54) is 4.88 Å². The van der Waals surface area contributed by atoms with Crippen LogP contribution < -0.4 is 10.6 Å². The molecule has 146 valence electrons. The molecule has 2 heterocycles. The van der Waals surface area contributed by atoms with Crippen molar-refractivity contribution in [3.05, 3.63) is 57.2 Å². The summed E-state index contributed by atoms with van der Waals surface area (Å²) >= 11 is 8.28. The molecule has 0 bridgehead atoms. The second kappa shape index (κ2) is 10.7. The summed E-state index contributed by atoms with van der Waals surface area (Å²) in [6.07, 6.45) is 0.996. The van der Waals surface area contributed by atoms with Crippen molar-refractivity contribution in [2.75, 3.05) is 46.4 Å². The van der Waals surface area contributed by atoms with Gasteiger partial charge in [-0.15, -0.1) is 11.3 Å². The van der Waals surface area contributed by atoms with E-state index in [0.717, 1.165) is 62.4 Å². The summed E-state index contributed by atoms with van der Waals surface area (Å²) in [6.45, 7) is 4.92. The van der Waals surface area contributed by atoms with Gasteiger partial charge in [0.05, 0.1) is 19.3 Å². The minimum Gasteiger partial charge on any atom is -0.379 e. The maximum Gasteiger partial charge on any atom is 0.191 e. The molecule has 1 atom stereocenters. The van der Waals surface area contributed by atoms with Crippen LogP contribution in [0.3, 0.4) is 0 Å². The van der Waals surface area contributed by atoms with Gasteiger partial charge in [0, 0.05) is 43.1 Å². The van der Waals surface area contributed by atoms with E-state index in [2.05, 4.69) is 44.1 Å². The Kier molecular flexibility index (Phi) is 7.95. The fourth-order valence-corrected chi connectivity index (χ4v) is 4.21. The zero-order valence-electron chi connectivity index (χ0n) is 15.7. The standard InChI is InChI=1S/C20H27ClN4OS/c1-22-20(23-9-8-16-5-4-14-27-16)24-15-19(25-10-12-26-13-11-25)17-6-2-3-7-18(17)21/h2-7,14,19H,8-13,15H2,1H3,(H2,22,23,24). The quantitative estimate of drug-likeness (QED) is 0.547. The maximum absolute atomic E-state index is 6.50. The molecule has 2 N–H and O–H groups in total.